The summed E-state index contributed by atoms with van der Waals surface area (Å²) in [6.45, 7) is 7.33. The lowest BCUT2D eigenvalue weighted by molar-refractivity contribution is 0.154. The molecule has 1 N–H and O–H groups in total. The summed E-state index contributed by atoms with van der Waals surface area (Å²) in [7, 11) is 0. The standard InChI is InChI=1S/C15H24O/c1-10(9-16)5-4-6-14(2)11-7-12-13(8-11)15(12,14)3/h5,11-13,16H,4,6-9H2,1-3H3/b10-5+/t11?,12-,13-,14?,15?/m0/s1. The van der Waals surface area contributed by atoms with Crippen LogP contribution in [0.15, 0.2) is 11.6 Å². The highest BCUT2D eigenvalue weighted by atomic mass is 16.3. The van der Waals surface area contributed by atoms with Gasteiger partial charge in [0.2, 0.25) is 0 Å². The van der Waals surface area contributed by atoms with Gasteiger partial charge in [0.25, 0.3) is 0 Å². The highest BCUT2D eigenvalue weighted by Gasteiger charge is 2.80. The van der Waals surface area contributed by atoms with Gasteiger partial charge in [-0.3, -0.25) is 0 Å². The first-order valence-electron chi connectivity index (χ1n) is 6.80. The third-order valence-electron chi connectivity index (χ3n) is 6.53. The van der Waals surface area contributed by atoms with E-state index in [9.17, 15) is 0 Å². The van der Waals surface area contributed by atoms with Crippen LogP contribution >= 0.6 is 0 Å². The fourth-order valence-corrected chi connectivity index (χ4v) is 5.19. The van der Waals surface area contributed by atoms with Crippen LogP contribution in [0.3, 0.4) is 0 Å². The lowest BCUT2D eigenvalue weighted by Gasteiger charge is -2.34. The Balaban J connectivity index is 1.68. The van der Waals surface area contributed by atoms with Crippen LogP contribution in [0.1, 0.15) is 46.5 Å². The van der Waals surface area contributed by atoms with E-state index >= 15 is 0 Å². The first-order chi connectivity index (χ1) is 7.54. The van der Waals surface area contributed by atoms with Gasteiger partial charge in [0.1, 0.15) is 0 Å². The van der Waals surface area contributed by atoms with Crippen LogP contribution in [0.2, 0.25) is 0 Å². The van der Waals surface area contributed by atoms with E-state index in [2.05, 4.69) is 19.9 Å². The van der Waals surface area contributed by atoms with Gasteiger partial charge in [-0.1, -0.05) is 25.5 Å². The van der Waals surface area contributed by atoms with Gasteiger partial charge >= 0.3 is 0 Å². The largest absolute Gasteiger partial charge is 0.392 e. The minimum Gasteiger partial charge on any atom is -0.392 e. The fraction of sp³-hybridized carbons (Fsp3) is 0.867. The van der Waals surface area contributed by atoms with Crippen LogP contribution in [0.25, 0.3) is 0 Å². The summed E-state index contributed by atoms with van der Waals surface area (Å²) >= 11 is 0. The van der Waals surface area contributed by atoms with E-state index in [4.69, 9.17) is 5.11 Å². The molecular weight excluding hydrogens is 196 g/mol. The zero-order chi connectivity index (χ0) is 11.6. The summed E-state index contributed by atoms with van der Waals surface area (Å²) in [5.41, 5.74) is 2.43. The minimum absolute atomic E-state index is 0.225. The van der Waals surface area contributed by atoms with E-state index in [-0.39, 0.29) is 6.61 Å². The maximum Gasteiger partial charge on any atom is 0.0639 e. The lowest BCUT2D eigenvalue weighted by atomic mass is 9.71. The molecule has 0 amide bonds. The molecular formula is C15H24O. The fourth-order valence-electron chi connectivity index (χ4n) is 5.19. The summed E-state index contributed by atoms with van der Waals surface area (Å²) < 4.78 is 0. The van der Waals surface area contributed by atoms with Crippen LogP contribution in [0.4, 0.5) is 0 Å². The topological polar surface area (TPSA) is 20.2 Å². The molecule has 0 radical (unpaired) electrons. The second-order valence-electron chi connectivity index (χ2n) is 6.83. The summed E-state index contributed by atoms with van der Waals surface area (Å²) in [6.07, 6.45) is 7.76. The summed E-state index contributed by atoms with van der Waals surface area (Å²) in [5, 5.41) is 8.99. The Bertz CT molecular complexity index is 331. The van der Waals surface area contributed by atoms with Crippen molar-refractivity contribution in [3.63, 3.8) is 0 Å². The summed E-state index contributed by atoms with van der Waals surface area (Å²) in [5.74, 6) is 3.16. The van der Waals surface area contributed by atoms with Gasteiger partial charge < -0.3 is 5.11 Å². The van der Waals surface area contributed by atoms with Gasteiger partial charge in [-0.25, -0.2) is 0 Å². The smallest absolute Gasteiger partial charge is 0.0639 e. The molecule has 4 saturated carbocycles. The van der Waals surface area contributed by atoms with E-state index in [0.29, 0.717) is 10.8 Å². The van der Waals surface area contributed by atoms with Crippen molar-refractivity contribution in [2.75, 3.05) is 6.61 Å². The Labute approximate surface area is 98.9 Å². The zero-order valence-electron chi connectivity index (χ0n) is 10.8. The number of aliphatic hydroxyl groups is 1. The van der Waals surface area contributed by atoms with Crippen molar-refractivity contribution in [2.45, 2.75) is 46.5 Å². The average molecular weight is 220 g/mol. The molecule has 0 aromatic carbocycles. The zero-order valence-corrected chi connectivity index (χ0v) is 10.8. The first kappa shape index (κ1) is 10.8. The molecule has 4 aliphatic carbocycles. The Morgan fingerprint density at radius 3 is 2.38 bits per heavy atom. The van der Waals surface area contributed by atoms with Crippen LogP contribution < -0.4 is 0 Å². The maximum absolute atomic E-state index is 8.99. The van der Waals surface area contributed by atoms with Crippen molar-refractivity contribution >= 4 is 0 Å². The van der Waals surface area contributed by atoms with Gasteiger partial charge in [0.05, 0.1) is 6.61 Å². The van der Waals surface area contributed by atoms with E-state index < -0.39 is 0 Å². The van der Waals surface area contributed by atoms with Crippen LogP contribution in [-0.2, 0) is 0 Å². The molecule has 90 valence electrons. The average Bonchev–Trinajstić information content (AvgIpc) is 2.62. The summed E-state index contributed by atoms with van der Waals surface area (Å²) in [4.78, 5) is 0. The third-order valence-corrected chi connectivity index (χ3v) is 6.53. The van der Waals surface area contributed by atoms with Crippen molar-refractivity contribution < 1.29 is 5.11 Å². The molecule has 1 unspecified atom stereocenters. The summed E-state index contributed by atoms with van der Waals surface area (Å²) in [6, 6.07) is 0. The van der Waals surface area contributed by atoms with Crippen molar-refractivity contribution in [3.8, 4) is 0 Å². The number of aliphatic hydroxyl groups excluding tert-OH is 1. The molecule has 1 heteroatoms. The minimum atomic E-state index is 0.225. The van der Waals surface area contributed by atoms with Gasteiger partial charge in [0.15, 0.2) is 0 Å². The molecule has 0 aromatic heterocycles. The van der Waals surface area contributed by atoms with Crippen LogP contribution in [0.5, 0.6) is 0 Å². The Hall–Kier alpha value is -0.300. The first-order valence-corrected chi connectivity index (χ1v) is 6.80. The van der Waals surface area contributed by atoms with Crippen molar-refractivity contribution in [1.29, 1.82) is 0 Å². The second-order valence-corrected chi connectivity index (χ2v) is 6.83. The Kier molecular flexibility index (Phi) is 2.12. The molecule has 4 rings (SSSR count). The number of rotatable bonds is 4. The number of hydrogen-bond donors (Lipinski definition) is 1. The van der Waals surface area contributed by atoms with E-state index in [1.54, 1.807) is 0 Å². The van der Waals surface area contributed by atoms with Crippen molar-refractivity contribution in [1.82, 2.24) is 0 Å². The SMILES string of the molecule is C/C(=C\CCC1(C)C2C[C@H]3[C@H](C2)C31C)CO. The van der Waals surface area contributed by atoms with Gasteiger partial charge in [-0.05, 0) is 61.2 Å². The van der Waals surface area contributed by atoms with Gasteiger partial charge in [-0.15, -0.1) is 0 Å². The normalized spacial score (nSPS) is 53.5. The molecule has 3 atom stereocenters. The molecule has 1 nitrogen and oxygen atoms in total. The van der Waals surface area contributed by atoms with Crippen LogP contribution in [-0.4, -0.2) is 11.7 Å². The quantitative estimate of drug-likeness (QED) is 0.720. The lowest BCUT2D eigenvalue weighted by Crippen LogP contribution is -2.26. The van der Waals surface area contributed by atoms with Crippen molar-refractivity contribution in [2.24, 2.45) is 28.6 Å². The predicted octanol–water partition coefficient (Wildman–Crippen LogP) is 3.39. The van der Waals surface area contributed by atoms with E-state index in [0.717, 1.165) is 29.7 Å². The monoisotopic (exact) mass is 220 g/mol. The number of hydrogen-bond acceptors (Lipinski definition) is 1. The highest BCUT2D eigenvalue weighted by molar-refractivity contribution is 5.29. The number of allylic oxidation sites excluding steroid dienone is 1. The van der Waals surface area contributed by atoms with Crippen LogP contribution in [0, 0.1) is 28.6 Å². The van der Waals surface area contributed by atoms with Gasteiger partial charge in [-0.2, -0.15) is 0 Å². The molecule has 4 bridgehead atoms. The Morgan fingerprint density at radius 1 is 1.31 bits per heavy atom. The van der Waals surface area contributed by atoms with E-state index in [1.807, 2.05) is 6.92 Å². The van der Waals surface area contributed by atoms with Gasteiger partial charge in [0, 0.05) is 0 Å². The van der Waals surface area contributed by atoms with Crippen molar-refractivity contribution in [3.05, 3.63) is 11.6 Å². The molecule has 16 heavy (non-hydrogen) atoms. The molecule has 0 aromatic rings. The second kappa shape index (κ2) is 3.13. The molecule has 0 spiro atoms. The molecule has 4 aliphatic rings. The molecule has 0 saturated heterocycles. The Morgan fingerprint density at radius 2 is 1.94 bits per heavy atom. The highest BCUT2D eigenvalue weighted by Crippen LogP contribution is 2.87. The molecule has 0 aliphatic heterocycles. The molecule has 0 heterocycles. The third kappa shape index (κ3) is 1.06. The van der Waals surface area contributed by atoms with E-state index in [1.165, 1.54) is 19.3 Å². The maximum atomic E-state index is 8.99. The molecule has 4 fully saturated rings. The predicted molar refractivity (Wildman–Crippen MR) is 66.0 cm³/mol.